The number of hydrogen-bond acceptors (Lipinski definition) is 2. The summed E-state index contributed by atoms with van der Waals surface area (Å²) < 4.78 is 0. The van der Waals surface area contributed by atoms with Gasteiger partial charge in [-0.15, -0.1) is 0 Å². The summed E-state index contributed by atoms with van der Waals surface area (Å²) >= 11 is 0. The van der Waals surface area contributed by atoms with Crippen molar-refractivity contribution in [2.75, 3.05) is 19.6 Å². The quantitative estimate of drug-likeness (QED) is 0.741. The molecular formula is C11H20N2O3. The Balaban J connectivity index is 2.42. The van der Waals surface area contributed by atoms with E-state index in [-0.39, 0.29) is 18.4 Å². The molecule has 0 aromatic carbocycles. The number of urea groups is 1. The van der Waals surface area contributed by atoms with Gasteiger partial charge in [0.05, 0.1) is 6.42 Å². The molecular weight excluding hydrogens is 208 g/mol. The molecule has 0 aliphatic carbocycles. The Bertz CT molecular complexity index is 266. The Morgan fingerprint density at radius 1 is 1.62 bits per heavy atom. The van der Waals surface area contributed by atoms with Gasteiger partial charge in [-0.1, -0.05) is 13.8 Å². The Morgan fingerprint density at radius 3 is 2.88 bits per heavy atom. The molecule has 1 aliphatic heterocycles. The summed E-state index contributed by atoms with van der Waals surface area (Å²) in [7, 11) is 0. The molecule has 0 aromatic heterocycles. The second kappa shape index (κ2) is 5.72. The van der Waals surface area contributed by atoms with Crippen molar-refractivity contribution in [3.63, 3.8) is 0 Å². The second-order valence-electron chi connectivity index (χ2n) is 4.78. The lowest BCUT2D eigenvalue weighted by molar-refractivity contribution is -0.138. The summed E-state index contributed by atoms with van der Waals surface area (Å²) in [6.07, 6.45) is 1.08. The van der Waals surface area contributed by atoms with Gasteiger partial charge in [-0.3, -0.25) is 4.79 Å². The number of nitrogens with one attached hydrogen (secondary N) is 1. The van der Waals surface area contributed by atoms with Crippen LogP contribution in [-0.4, -0.2) is 41.6 Å². The molecule has 5 nitrogen and oxygen atoms in total. The Morgan fingerprint density at radius 2 is 2.31 bits per heavy atom. The van der Waals surface area contributed by atoms with Crippen LogP contribution in [0.4, 0.5) is 4.79 Å². The Kier molecular flexibility index (Phi) is 4.58. The predicted octanol–water partition coefficient (Wildman–Crippen LogP) is 1.15. The normalized spacial score (nSPS) is 21.1. The summed E-state index contributed by atoms with van der Waals surface area (Å²) in [5, 5.41) is 11.4. The zero-order valence-corrected chi connectivity index (χ0v) is 9.90. The third-order valence-electron chi connectivity index (χ3n) is 2.75. The number of nitrogens with zero attached hydrogens (tertiary/aromatic N) is 1. The average Bonchev–Trinajstić information content (AvgIpc) is 2.18. The highest BCUT2D eigenvalue weighted by atomic mass is 16.4. The number of carbonyl (C=O) groups is 2. The highest BCUT2D eigenvalue weighted by Gasteiger charge is 2.26. The summed E-state index contributed by atoms with van der Waals surface area (Å²) in [6.45, 7) is 5.96. The minimum Gasteiger partial charge on any atom is -0.481 e. The molecule has 1 rings (SSSR count). The standard InChI is InChI=1S/C11H20N2O3/c1-8(2)3-4-13-7-9(5-10(14)15)6-12-11(13)16/h8-9H,3-7H2,1-2H3,(H,12,16)(H,14,15). The zero-order chi connectivity index (χ0) is 12.1. The van der Waals surface area contributed by atoms with Crippen LogP contribution in [0.5, 0.6) is 0 Å². The van der Waals surface area contributed by atoms with E-state index < -0.39 is 5.97 Å². The minimum absolute atomic E-state index is 0.0300. The third-order valence-corrected chi connectivity index (χ3v) is 2.75. The molecule has 1 heterocycles. The number of carboxylic acid groups (broad SMARTS) is 1. The second-order valence-corrected chi connectivity index (χ2v) is 4.78. The van der Waals surface area contributed by atoms with Crippen LogP contribution in [0.2, 0.25) is 0 Å². The van der Waals surface area contributed by atoms with Crippen molar-refractivity contribution in [1.82, 2.24) is 10.2 Å². The van der Waals surface area contributed by atoms with Gasteiger partial charge in [0.25, 0.3) is 0 Å². The van der Waals surface area contributed by atoms with E-state index in [2.05, 4.69) is 19.2 Å². The summed E-state index contributed by atoms with van der Waals surface area (Å²) in [4.78, 5) is 23.8. The van der Waals surface area contributed by atoms with Crippen molar-refractivity contribution in [2.45, 2.75) is 26.7 Å². The van der Waals surface area contributed by atoms with Gasteiger partial charge in [-0.25, -0.2) is 4.79 Å². The molecule has 2 N–H and O–H groups in total. The predicted molar refractivity (Wildman–Crippen MR) is 60.2 cm³/mol. The van der Waals surface area contributed by atoms with Crippen LogP contribution in [0.25, 0.3) is 0 Å². The maximum atomic E-state index is 11.5. The number of carbonyl (C=O) groups excluding carboxylic acids is 1. The molecule has 5 heteroatoms. The maximum absolute atomic E-state index is 11.5. The number of amides is 2. The van der Waals surface area contributed by atoms with E-state index in [1.54, 1.807) is 4.90 Å². The Hall–Kier alpha value is -1.26. The van der Waals surface area contributed by atoms with Crippen molar-refractivity contribution < 1.29 is 14.7 Å². The lowest BCUT2D eigenvalue weighted by atomic mass is 10.0. The van der Waals surface area contributed by atoms with E-state index in [0.717, 1.165) is 6.42 Å². The van der Waals surface area contributed by atoms with Gasteiger partial charge in [-0.2, -0.15) is 0 Å². The number of hydrogen-bond donors (Lipinski definition) is 2. The Labute approximate surface area is 95.8 Å². The van der Waals surface area contributed by atoms with Crippen LogP contribution in [0.1, 0.15) is 26.7 Å². The lowest BCUT2D eigenvalue weighted by Gasteiger charge is -2.33. The molecule has 1 fully saturated rings. The topological polar surface area (TPSA) is 69.6 Å². The molecule has 1 unspecified atom stereocenters. The molecule has 1 atom stereocenters. The summed E-state index contributed by atoms with van der Waals surface area (Å²) in [6, 6.07) is -0.0673. The molecule has 92 valence electrons. The molecule has 0 saturated carbocycles. The molecule has 1 aliphatic rings. The van der Waals surface area contributed by atoms with Crippen molar-refractivity contribution in [2.24, 2.45) is 11.8 Å². The van der Waals surface area contributed by atoms with Gasteiger partial charge in [0.15, 0.2) is 0 Å². The number of carboxylic acids is 1. The van der Waals surface area contributed by atoms with E-state index >= 15 is 0 Å². The first-order valence-corrected chi connectivity index (χ1v) is 5.73. The van der Waals surface area contributed by atoms with Crippen LogP contribution in [-0.2, 0) is 4.79 Å². The molecule has 0 aromatic rings. The highest BCUT2D eigenvalue weighted by molar-refractivity contribution is 5.75. The minimum atomic E-state index is -0.801. The van der Waals surface area contributed by atoms with Crippen molar-refractivity contribution >= 4 is 12.0 Å². The van der Waals surface area contributed by atoms with E-state index in [1.807, 2.05) is 0 Å². The molecule has 2 amide bonds. The summed E-state index contributed by atoms with van der Waals surface area (Å²) in [5.74, 6) is -0.222. The summed E-state index contributed by atoms with van der Waals surface area (Å²) in [5.41, 5.74) is 0. The van der Waals surface area contributed by atoms with E-state index in [1.165, 1.54) is 0 Å². The van der Waals surface area contributed by atoms with Crippen LogP contribution >= 0.6 is 0 Å². The first-order valence-electron chi connectivity index (χ1n) is 5.73. The fraction of sp³-hybridized carbons (Fsp3) is 0.818. The zero-order valence-electron chi connectivity index (χ0n) is 9.90. The SMILES string of the molecule is CC(C)CCN1CC(CC(=O)O)CNC1=O. The highest BCUT2D eigenvalue weighted by Crippen LogP contribution is 2.12. The largest absolute Gasteiger partial charge is 0.481 e. The lowest BCUT2D eigenvalue weighted by Crippen LogP contribution is -2.51. The van der Waals surface area contributed by atoms with Gasteiger partial charge in [0, 0.05) is 25.6 Å². The van der Waals surface area contributed by atoms with Gasteiger partial charge >= 0.3 is 12.0 Å². The van der Waals surface area contributed by atoms with Crippen molar-refractivity contribution in [3.8, 4) is 0 Å². The van der Waals surface area contributed by atoms with E-state index in [9.17, 15) is 9.59 Å². The molecule has 0 spiro atoms. The van der Waals surface area contributed by atoms with Crippen LogP contribution in [0, 0.1) is 11.8 Å². The van der Waals surface area contributed by atoms with E-state index in [0.29, 0.717) is 25.6 Å². The number of aliphatic carboxylic acids is 1. The smallest absolute Gasteiger partial charge is 0.317 e. The molecule has 0 bridgehead atoms. The molecule has 1 saturated heterocycles. The maximum Gasteiger partial charge on any atom is 0.317 e. The van der Waals surface area contributed by atoms with Gasteiger partial charge in [-0.05, 0) is 12.3 Å². The first kappa shape index (κ1) is 12.8. The van der Waals surface area contributed by atoms with Crippen LogP contribution in [0.15, 0.2) is 0 Å². The average molecular weight is 228 g/mol. The fourth-order valence-corrected chi connectivity index (χ4v) is 1.79. The third kappa shape index (κ3) is 4.08. The van der Waals surface area contributed by atoms with Crippen LogP contribution in [0.3, 0.4) is 0 Å². The van der Waals surface area contributed by atoms with Gasteiger partial charge in [0.2, 0.25) is 0 Å². The van der Waals surface area contributed by atoms with Gasteiger partial charge < -0.3 is 15.3 Å². The van der Waals surface area contributed by atoms with Gasteiger partial charge in [0.1, 0.15) is 0 Å². The van der Waals surface area contributed by atoms with Crippen molar-refractivity contribution in [1.29, 1.82) is 0 Å². The monoisotopic (exact) mass is 228 g/mol. The number of rotatable bonds is 5. The molecule has 0 radical (unpaired) electrons. The van der Waals surface area contributed by atoms with E-state index in [4.69, 9.17) is 5.11 Å². The van der Waals surface area contributed by atoms with Crippen molar-refractivity contribution in [3.05, 3.63) is 0 Å². The first-order chi connectivity index (χ1) is 7.49. The molecule has 16 heavy (non-hydrogen) atoms. The van der Waals surface area contributed by atoms with Crippen LogP contribution < -0.4 is 5.32 Å². The fourth-order valence-electron chi connectivity index (χ4n) is 1.79.